The summed E-state index contributed by atoms with van der Waals surface area (Å²) in [6.07, 6.45) is 12.5. The molecule has 2 aliphatic heterocycles. The Hall–Kier alpha value is -1.24. The molecule has 7 heteroatoms. The number of hydrogen-bond acceptors (Lipinski definition) is 5. The number of thioether (sulfide) groups is 1. The monoisotopic (exact) mass is 410 g/mol. The van der Waals surface area contributed by atoms with Crippen molar-refractivity contribution in [3.8, 4) is 0 Å². The quantitative estimate of drug-likeness (QED) is 0.478. The number of nitrogens with zero attached hydrogens (tertiary/aromatic N) is 3. The van der Waals surface area contributed by atoms with Gasteiger partial charge in [0.05, 0.1) is 0 Å². The van der Waals surface area contributed by atoms with E-state index in [0.717, 1.165) is 18.1 Å². The minimum Gasteiger partial charge on any atom is -0.336 e. The van der Waals surface area contributed by atoms with Gasteiger partial charge in [-0.25, -0.2) is 9.79 Å². The highest BCUT2D eigenvalue weighted by Crippen LogP contribution is 2.30. The van der Waals surface area contributed by atoms with E-state index in [0.29, 0.717) is 5.25 Å². The average molecular weight is 411 g/mol. The van der Waals surface area contributed by atoms with Gasteiger partial charge in [-0.15, -0.1) is 0 Å². The molecule has 0 bridgehead atoms. The van der Waals surface area contributed by atoms with E-state index in [-0.39, 0.29) is 18.0 Å². The molecule has 28 heavy (non-hydrogen) atoms. The van der Waals surface area contributed by atoms with Gasteiger partial charge in [0.15, 0.2) is 17.4 Å². The number of amidine groups is 1. The normalized spacial score (nSPS) is 22.0. The number of likely N-dealkylation sites (N-methyl/N-ethyl adjacent to an activating group) is 1. The van der Waals surface area contributed by atoms with E-state index in [2.05, 4.69) is 31.0 Å². The second-order valence-electron chi connectivity index (χ2n) is 8.22. The van der Waals surface area contributed by atoms with Gasteiger partial charge in [0, 0.05) is 18.8 Å². The number of rotatable bonds is 12. The Morgan fingerprint density at radius 1 is 1.00 bits per heavy atom. The van der Waals surface area contributed by atoms with Crippen molar-refractivity contribution in [3.63, 3.8) is 0 Å². The second kappa shape index (κ2) is 11.7. The molecule has 6 nitrogen and oxygen atoms in total. The van der Waals surface area contributed by atoms with Crippen LogP contribution < -0.4 is 5.32 Å². The molecule has 0 aromatic rings. The zero-order chi connectivity index (χ0) is 20.5. The van der Waals surface area contributed by atoms with Gasteiger partial charge in [-0.05, 0) is 6.42 Å². The topological polar surface area (TPSA) is 65.0 Å². The summed E-state index contributed by atoms with van der Waals surface area (Å²) in [5, 5.41) is 3.76. The van der Waals surface area contributed by atoms with E-state index in [1.165, 1.54) is 57.8 Å². The molecular weight excluding hydrogens is 372 g/mol. The zero-order valence-electron chi connectivity index (χ0n) is 18.1. The fourth-order valence-corrected chi connectivity index (χ4v) is 4.74. The number of fused-ring (bicyclic) bond motifs is 1. The van der Waals surface area contributed by atoms with Crippen molar-refractivity contribution in [2.24, 2.45) is 4.99 Å². The third-order valence-corrected chi connectivity index (χ3v) is 6.44. The van der Waals surface area contributed by atoms with E-state index in [9.17, 15) is 9.59 Å². The summed E-state index contributed by atoms with van der Waals surface area (Å²) in [7, 11) is 1.71. The lowest BCUT2D eigenvalue weighted by Crippen LogP contribution is -2.63. The molecule has 0 saturated carbocycles. The minimum absolute atomic E-state index is 0.219. The van der Waals surface area contributed by atoms with Gasteiger partial charge in [0.25, 0.3) is 5.91 Å². The van der Waals surface area contributed by atoms with Crippen LogP contribution in [-0.2, 0) is 4.79 Å². The fraction of sp³-hybridized carbons (Fsp3) is 0.857. The highest BCUT2D eigenvalue weighted by Gasteiger charge is 2.48. The summed E-state index contributed by atoms with van der Waals surface area (Å²) in [5.74, 6) is -0.219. The molecule has 1 N–H and O–H groups in total. The SMILES string of the molecule is CCCCCCCCCCCCN1C(SC(C)C)=NC2C1C(=O)NC(=O)N2C. The molecule has 3 amide bonds. The molecule has 2 unspecified atom stereocenters. The van der Waals surface area contributed by atoms with Crippen molar-refractivity contribution in [2.75, 3.05) is 13.6 Å². The summed E-state index contributed by atoms with van der Waals surface area (Å²) in [6, 6.07) is -0.743. The van der Waals surface area contributed by atoms with Crippen LogP contribution in [0.3, 0.4) is 0 Å². The Morgan fingerprint density at radius 2 is 1.57 bits per heavy atom. The number of unbranched alkanes of at least 4 members (excludes halogenated alkanes) is 9. The lowest BCUT2D eigenvalue weighted by molar-refractivity contribution is -0.127. The molecule has 1 fully saturated rings. The Labute approximate surface area is 174 Å². The molecule has 2 atom stereocenters. The van der Waals surface area contributed by atoms with Crippen molar-refractivity contribution >= 4 is 28.9 Å². The molecule has 0 aromatic carbocycles. The lowest BCUT2D eigenvalue weighted by atomic mass is 10.1. The van der Waals surface area contributed by atoms with Crippen molar-refractivity contribution in [1.29, 1.82) is 0 Å². The summed E-state index contributed by atoms with van der Waals surface area (Å²) >= 11 is 1.68. The minimum atomic E-state index is -0.398. The van der Waals surface area contributed by atoms with Crippen LogP contribution in [0.1, 0.15) is 85.0 Å². The maximum atomic E-state index is 12.5. The summed E-state index contributed by atoms with van der Waals surface area (Å²) in [6.45, 7) is 7.34. The van der Waals surface area contributed by atoms with E-state index >= 15 is 0 Å². The van der Waals surface area contributed by atoms with Gasteiger partial charge in [0.1, 0.15) is 0 Å². The van der Waals surface area contributed by atoms with E-state index in [1.807, 2.05) is 0 Å². The Bertz CT molecular complexity index is 553. The largest absolute Gasteiger partial charge is 0.336 e. The van der Waals surface area contributed by atoms with Crippen molar-refractivity contribution in [1.82, 2.24) is 15.1 Å². The van der Waals surface area contributed by atoms with Gasteiger partial charge < -0.3 is 9.80 Å². The molecule has 1 saturated heterocycles. The molecular formula is C21H38N4O2S. The van der Waals surface area contributed by atoms with Crippen LogP contribution in [0.15, 0.2) is 4.99 Å². The second-order valence-corrected chi connectivity index (χ2v) is 9.76. The molecule has 0 aromatic heterocycles. The zero-order valence-corrected chi connectivity index (χ0v) is 18.9. The van der Waals surface area contributed by atoms with E-state index in [4.69, 9.17) is 4.99 Å². The van der Waals surface area contributed by atoms with Crippen molar-refractivity contribution < 1.29 is 9.59 Å². The standard InChI is InChI=1S/C21H38N4O2S/c1-5-6-7-8-9-10-11-12-13-14-15-25-17-18(22-21(25)28-16(2)3)24(4)20(27)23-19(17)26/h16-18H,5-15H2,1-4H3,(H,23,26,27). The van der Waals surface area contributed by atoms with Crippen LogP contribution in [0.4, 0.5) is 4.79 Å². The van der Waals surface area contributed by atoms with Crippen LogP contribution in [-0.4, -0.2) is 58.0 Å². The smallest absolute Gasteiger partial charge is 0.325 e. The summed E-state index contributed by atoms with van der Waals surface area (Å²) in [4.78, 5) is 32.8. The predicted molar refractivity (Wildman–Crippen MR) is 118 cm³/mol. The highest BCUT2D eigenvalue weighted by molar-refractivity contribution is 8.14. The van der Waals surface area contributed by atoms with Gasteiger partial charge in [0.2, 0.25) is 0 Å². The van der Waals surface area contributed by atoms with Gasteiger partial charge in [-0.3, -0.25) is 10.1 Å². The first-order valence-electron chi connectivity index (χ1n) is 11.0. The number of carbonyl (C=O) groups excluding carboxylic acids is 2. The predicted octanol–water partition coefficient (Wildman–Crippen LogP) is 4.60. The molecule has 2 heterocycles. The maximum Gasteiger partial charge on any atom is 0.325 e. The summed E-state index contributed by atoms with van der Waals surface area (Å²) in [5.41, 5.74) is 0. The van der Waals surface area contributed by atoms with Gasteiger partial charge in [-0.1, -0.05) is 90.3 Å². The Balaban J connectivity index is 1.77. The molecule has 0 aliphatic carbocycles. The molecule has 0 spiro atoms. The number of urea groups is 1. The third kappa shape index (κ3) is 6.39. The fourth-order valence-electron chi connectivity index (χ4n) is 3.81. The van der Waals surface area contributed by atoms with E-state index in [1.54, 1.807) is 23.7 Å². The van der Waals surface area contributed by atoms with Crippen LogP contribution in [0.25, 0.3) is 0 Å². The first-order valence-corrected chi connectivity index (χ1v) is 11.9. The van der Waals surface area contributed by atoms with Crippen molar-refractivity contribution in [3.05, 3.63) is 0 Å². The first kappa shape index (κ1) is 23.0. The van der Waals surface area contributed by atoms with E-state index < -0.39 is 6.17 Å². The number of imide groups is 1. The van der Waals surface area contributed by atoms with Crippen LogP contribution in [0, 0.1) is 0 Å². The highest BCUT2D eigenvalue weighted by atomic mass is 32.2. The number of nitrogens with one attached hydrogen (secondary N) is 1. The number of carbonyl (C=O) groups is 2. The first-order chi connectivity index (χ1) is 13.5. The third-order valence-electron chi connectivity index (χ3n) is 5.42. The van der Waals surface area contributed by atoms with Gasteiger partial charge >= 0.3 is 6.03 Å². The molecule has 2 rings (SSSR count). The Kier molecular flexibility index (Phi) is 9.62. The summed E-state index contributed by atoms with van der Waals surface area (Å²) < 4.78 is 0. The molecule has 0 radical (unpaired) electrons. The van der Waals surface area contributed by atoms with Crippen LogP contribution in [0.2, 0.25) is 0 Å². The average Bonchev–Trinajstić information content (AvgIpc) is 2.99. The number of hydrogen-bond donors (Lipinski definition) is 1. The molecule has 160 valence electrons. The van der Waals surface area contributed by atoms with Crippen LogP contribution >= 0.6 is 11.8 Å². The van der Waals surface area contributed by atoms with Gasteiger partial charge in [-0.2, -0.15) is 0 Å². The maximum absolute atomic E-state index is 12.5. The lowest BCUT2D eigenvalue weighted by Gasteiger charge is -2.36. The number of aliphatic imine (C=N–C) groups is 1. The Morgan fingerprint density at radius 3 is 2.14 bits per heavy atom. The molecule has 2 aliphatic rings. The van der Waals surface area contributed by atoms with Crippen LogP contribution in [0.5, 0.6) is 0 Å². The van der Waals surface area contributed by atoms with Crippen molar-refractivity contribution in [2.45, 2.75) is 102 Å². The number of amides is 3.